The molecule has 1 atom stereocenters. The lowest BCUT2D eigenvalue weighted by Gasteiger charge is -2.18. The van der Waals surface area contributed by atoms with E-state index in [0.717, 1.165) is 17.7 Å². The summed E-state index contributed by atoms with van der Waals surface area (Å²) in [5.41, 5.74) is 4.30. The lowest BCUT2D eigenvalue weighted by Crippen LogP contribution is -2.26. The Kier molecular flexibility index (Phi) is 6.56. The molecule has 0 radical (unpaired) electrons. The summed E-state index contributed by atoms with van der Waals surface area (Å²) >= 11 is 0. The van der Waals surface area contributed by atoms with Gasteiger partial charge < -0.3 is 10.2 Å². The summed E-state index contributed by atoms with van der Waals surface area (Å²) in [6.45, 7) is 10.3. The fourth-order valence-corrected chi connectivity index (χ4v) is 2.37. The quantitative estimate of drug-likeness (QED) is 0.592. The van der Waals surface area contributed by atoms with Crippen molar-refractivity contribution >= 4 is 17.8 Å². The SMILES string of the molecule is CCc1ccc(NC(=O)[C@@H](C)O/N=C\c2ccc(C(C)(C)C)cc2)cc1. The highest BCUT2D eigenvalue weighted by Gasteiger charge is 2.14. The van der Waals surface area contributed by atoms with Gasteiger partial charge in [0.1, 0.15) is 0 Å². The second-order valence-corrected chi connectivity index (χ2v) is 7.39. The van der Waals surface area contributed by atoms with Crippen molar-refractivity contribution in [3.05, 3.63) is 65.2 Å². The van der Waals surface area contributed by atoms with E-state index in [9.17, 15) is 4.79 Å². The summed E-state index contributed by atoms with van der Waals surface area (Å²) in [6, 6.07) is 15.9. The van der Waals surface area contributed by atoms with Gasteiger partial charge in [-0.25, -0.2) is 0 Å². The molecule has 2 aromatic rings. The maximum absolute atomic E-state index is 12.2. The van der Waals surface area contributed by atoms with E-state index in [0.29, 0.717) is 0 Å². The highest BCUT2D eigenvalue weighted by atomic mass is 16.6. The minimum atomic E-state index is -0.675. The summed E-state index contributed by atoms with van der Waals surface area (Å²) in [7, 11) is 0. The minimum Gasteiger partial charge on any atom is -0.383 e. The highest BCUT2D eigenvalue weighted by Crippen LogP contribution is 2.21. The van der Waals surface area contributed by atoms with Crippen LogP contribution >= 0.6 is 0 Å². The number of aryl methyl sites for hydroxylation is 1. The van der Waals surface area contributed by atoms with Gasteiger partial charge in [-0.3, -0.25) is 4.79 Å². The number of nitrogens with one attached hydrogen (secondary N) is 1. The predicted molar refractivity (Wildman–Crippen MR) is 108 cm³/mol. The van der Waals surface area contributed by atoms with Crippen molar-refractivity contribution < 1.29 is 9.63 Å². The fourth-order valence-electron chi connectivity index (χ4n) is 2.37. The van der Waals surface area contributed by atoms with Crippen molar-refractivity contribution in [3.8, 4) is 0 Å². The molecule has 0 aliphatic rings. The van der Waals surface area contributed by atoms with E-state index in [4.69, 9.17) is 4.84 Å². The Labute approximate surface area is 156 Å². The van der Waals surface area contributed by atoms with Crippen molar-refractivity contribution in [2.75, 3.05) is 5.32 Å². The molecule has 1 N–H and O–H groups in total. The number of benzene rings is 2. The predicted octanol–water partition coefficient (Wildman–Crippen LogP) is 4.92. The zero-order chi connectivity index (χ0) is 19.2. The maximum Gasteiger partial charge on any atom is 0.267 e. The third kappa shape index (κ3) is 5.73. The molecular formula is C22H28N2O2. The Hall–Kier alpha value is -2.62. The molecular weight excluding hydrogens is 324 g/mol. The number of amides is 1. The first-order valence-electron chi connectivity index (χ1n) is 8.99. The van der Waals surface area contributed by atoms with Crippen LogP contribution < -0.4 is 5.32 Å². The van der Waals surface area contributed by atoms with Gasteiger partial charge in [0.2, 0.25) is 6.10 Å². The van der Waals surface area contributed by atoms with Crippen LogP contribution in [-0.4, -0.2) is 18.2 Å². The van der Waals surface area contributed by atoms with Crippen LogP contribution in [0.15, 0.2) is 53.7 Å². The van der Waals surface area contributed by atoms with Crippen molar-refractivity contribution in [2.45, 2.75) is 52.6 Å². The lowest BCUT2D eigenvalue weighted by atomic mass is 9.87. The van der Waals surface area contributed by atoms with Crippen LogP contribution in [0.3, 0.4) is 0 Å². The number of anilines is 1. The van der Waals surface area contributed by atoms with E-state index < -0.39 is 6.10 Å². The third-order valence-corrected chi connectivity index (χ3v) is 4.20. The Morgan fingerprint density at radius 1 is 1.12 bits per heavy atom. The molecule has 4 heteroatoms. The molecule has 0 saturated heterocycles. The number of carbonyl (C=O) groups is 1. The maximum atomic E-state index is 12.2. The van der Waals surface area contributed by atoms with Crippen LogP contribution in [0.2, 0.25) is 0 Å². The number of carbonyl (C=O) groups excluding carboxylic acids is 1. The number of hydrogen-bond acceptors (Lipinski definition) is 3. The van der Waals surface area contributed by atoms with Gasteiger partial charge in [-0.15, -0.1) is 0 Å². The highest BCUT2D eigenvalue weighted by molar-refractivity contribution is 5.94. The Morgan fingerprint density at radius 2 is 1.73 bits per heavy atom. The molecule has 0 heterocycles. The van der Waals surface area contributed by atoms with E-state index in [2.05, 4.69) is 50.3 Å². The van der Waals surface area contributed by atoms with Gasteiger partial charge >= 0.3 is 0 Å². The van der Waals surface area contributed by atoms with Gasteiger partial charge in [-0.05, 0) is 47.6 Å². The number of hydrogen-bond donors (Lipinski definition) is 1. The first kappa shape index (κ1) is 19.7. The molecule has 0 unspecified atom stereocenters. The van der Waals surface area contributed by atoms with Gasteiger partial charge in [-0.1, -0.05) is 69.2 Å². The molecule has 0 aliphatic carbocycles. The van der Waals surface area contributed by atoms with Crippen LogP contribution in [0.4, 0.5) is 5.69 Å². The summed E-state index contributed by atoms with van der Waals surface area (Å²) in [6.07, 6.45) is 1.91. The summed E-state index contributed by atoms with van der Waals surface area (Å²) in [5.74, 6) is -0.227. The molecule has 2 aromatic carbocycles. The van der Waals surface area contributed by atoms with E-state index in [1.165, 1.54) is 11.1 Å². The van der Waals surface area contributed by atoms with Crippen molar-refractivity contribution in [1.82, 2.24) is 0 Å². The molecule has 2 rings (SSSR count). The van der Waals surface area contributed by atoms with Crippen LogP contribution in [0.25, 0.3) is 0 Å². The number of oxime groups is 1. The third-order valence-electron chi connectivity index (χ3n) is 4.20. The van der Waals surface area contributed by atoms with Gasteiger partial charge in [-0.2, -0.15) is 0 Å². The average molecular weight is 352 g/mol. The van der Waals surface area contributed by atoms with Crippen molar-refractivity contribution in [2.24, 2.45) is 5.16 Å². The Balaban J connectivity index is 1.87. The van der Waals surface area contributed by atoms with E-state index >= 15 is 0 Å². The second kappa shape index (κ2) is 8.65. The Morgan fingerprint density at radius 3 is 2.27 bits per heavy atom. The largest absolute Gasteiger partial charge is 0.383 e. The first-order valence-corrected chi connectivity index (χ1v) is 8.99. The molecule has 0 spiro atoms. The van der Waals surface area contributed by atoms with E-state index in [1.807, 2.05) is 36.4 Å². The van der Waals surface area contributed by atoms with E-state index in [1.54, 1.807) is 13.1 Å². The van der Waals surface area contributed by atoms with Gasteiger partial charge in [0.05, 0.1) is 6.21 Å². The fraction of sp³-hybridized carbons (Fsp3) is 0.364. The standard InChI is InChI=1S/C22H28N2O2/c1-6-17-9-13-20(14-10-17)24-21(25)16(2)26-23-15-18-7-11-19(12-8-18)22(3,4)5/h7-16H,6H2,1-5H3,(H,24,25)/b23-15-/t16-/m1/s1. The molecule has 26 heavy (non-hydrogen) atoms. The lowest BCUT2D eigenvalue weighted by molar-refractivity contribution is -0.126. The van der Waals surface area contributed by atoms with Gasteiger partial charge in [0.25, 0.3) is 5.91 Å². The molecule has 0 fully saturated rings. The average Bonchev–Trinajstić information content (AvgIpc) is 2.62. The number of nitrogens with zero attached hydrogens (tertiary/aromatic N) is 1. The van der Waals surface area contributed by atoms with Crippen LogP contribution in [0.1, 0.15) is 51.3 Å². The molecule has 138 valence electrons. The van der Waals surface area contributed by atoms with Gasteiger partial charge in [0, 0.05) is 5.69 Å². The first-order chi connectivity index (χ1) is 12.3. The van der Waals surface area contributed by atoms with Crippen molar-refractivity contribution in [3.63, 3.8) is 0 Å². The van der Waals surface area contributed by atoms with Crippen LogP contribution in [0.5, 0.6) is 0 Å². The zero-order valence-corrected chi connectivity index (χ0v) is 16.2. The van der Waals surface area contributed by atoms with Crippen molar-refractivity contribution in [1.29, 1.82) is 0 Å². The van der Waals surface area contributed by atoms with Crippen LogP contribution in [-0.2, 0) is 21.5 Å². The zero-order valence-electron chi connectivity index (χ0n) is 16.2. The topological polar surface area (TPSA) is 50.7 Å². The molecule has 1 amide bonds. The van der Waals surface area contributed by atoms with E-state index in [-0.39, 0.29) is 11.3 Å². The number of rotatable bonds is 6. The Bertz CT molecular complexity index is 741. The molecule has 0 bridgehead atoms. The molecule has 4 nitrogen and oxygen atoms in total. The normalized spacial score (nSPS) is 12.8. The molecule has 0 aromatic heterocycles. The summed E-state index contributed by atoms with van der Waals surface area (Å²) in [4.78, 5) is 17.4. The minimum absolute atomic E-state index is 0.119. The van der Waals surface area contributed by atoms with Crippen LogP contribution in [0, 0.1) is 0 Å². The smallest absolute Gasteiger partial charge is 0.267 e. The summed E-state index contributed by atoms with van der Waals surface area (Å²) in [5, 5.41) is 6.77. The second-order valence-electron chi connectivity index (χ2n) is 7.39. The van der Waals surface area contributed by atoms with Gasteiger partial charge in [0.15, 0.2) is 0 Å². The molecule has 0 aliphatic heterocycles. The monoisotopic (exact) mass is 352 g/mol. The molecule has 0 saturated carbocycles. The summed E-state index contributed by atoms with van der Waals surface area (Å²) < 4.78 is 0.